The summed E-state index contributed by atoms with van der Waals surface area (Å²) < 4.78 is 24.3. The Morgan fingerprint density at radius 1 is 1.04 bits per heavy atom. The molecule has 1 aromatic heterocycles. The number of aromatic nitrogens is 2. The molecular formula is C19H18FN3O2. The quantitative estimate of drug-likeness (QED) is 0.733. The molecule has 3 aromatic rings. The normalized spacial score (nSPS) is 14.7. The van der Waals surface area contributed by atoms with E-state index in [1.807, 2.05) is 24.3 Å². The van der Waals surface area contributed by atoms with E-state index < -0.39 is 0 Å². The first-order chi connectivity index (χ1) is 12.2. The van der Waals surface area contributed by atoms with Gasteiger partial charge in [-0.25, -0.2) is 9.37 Å². The minimum Gasteiger partial charge on any atom is -0.494 e. The second-order valence-corrected chi connectivity index (χ2v) is 5.88. The molecule has 0 spiro atoms. The molecule has 0 saturated carbocycles. The predicted octanol–water partition coefficient (Wildman–Crippen LogP) is 3.28. The van der Waals surface area contributed by atoms with Gasteiger partial charge in [-0.05, 0) is 35.4 Å². The van der Waals surface area contributed by atoms with E-state index in [2.05, 4.69) is 9.88 Å². The lowest BCUT2D eigenvalue weighted by Gasteiger charge is -2.27. The van der Waals surface area contributed by atoms with Gasteiger partial charge >= 0.3 is 0 Å². The lowest BCUT2D eigenvalue weighted by molar-refractivity contribution is 0.122. The van der Waals surface area contributed by atoms with Crippen molar-refractivity contribution >= 4 is 16.9 Å². The van der Waals surface area contributed by atoms with Gasteiger partial charge in [0.2, 0.25) is 0 Å². The van der Waals surface area contributed by atoms with Crippen LogP contribution in [0.1, 0.15) is 0 Å². The molecule has 0 atom stereocenters. The van der Waals surface area contributed by atoms with Crippen molar-refractivity contribution in [3.63, 3.8) is 0 Å². The molecule has 1 aliphatic rings. The summed E-state index contributed by atoms with van der Waals surface area (Å²) in [7, 11) is 1.46. The summed E-state index contributed by atoms with van der Waals surface area (Å²) in [5, 5.41) is 0. The van der Waals surface area contributed by atoms with E-state index in [-0.39, 0.29) is 11.6 Å². The molecule has 2 heterocycles. The topological polar surface area (TPSA) is 47.5 Å². The van der Waals surface area contributed by atoms with Crippen LogP contribution in [-0.2, 0) is 4.74 Å². The van der Waals surface area contributed by atoms with Crippen LogP contribution in [0.2, 0.25) is 0 Å². The summed E-state index contributed by atoms with van der Waals surface area (Å²) in [6.45, 7) is 3.02. The average molecular weight is 339 g/mol. The fraction of sp³-hybridized carbons (Fsp3) is 0.263. The number of rotatable bonds is 3. The predicted molar refractivity (Wildman–Crippen MR) is 94.5 cm³/mol. The Hall–Kier alpha value is -2.73. The van der Waals surface area contributed by atoms with Crippen LogP contribution in [0.3, 0.4) is 0 Å². The first kappa shape index (κ1) is 15.8. The number of benzene rings is 2. The number of methoxy groups -OCH3 is 1. The Bertz CT molecular complexity index is 910. The van der Waals surface area contributed by atoms with E-state index in [0.717, 1.165) is 41.1 Å². The van der Waals surface area contributed by atoms with Crippen molar-refractivity contribution in [3.05, 3.63) is 48.4 Å². The first-order valence-electron chi connectivity index (χ1n) is 8.18. The molecule has 1 fully saturated rings. The number of hydrogen-bond donors (Lipinski definition) is 0. The molecule has 6 heteroatoms. The Labute approximate surface area is 145 Å². The molecule has 0 radical (unpaired) electrons. The molecule has 1 saturated heterocycles. The zero-order valence-corrected chi connectivity index (χ0v) is 13.9. The second kappa shape index (κ2) is 6.64. The monoisotopic (exact) mass is 339 g/mol. The molecule has 128 valence electrons. The number of anilines is 1. The first-order valence-corrected chi connectivity index (χ1v) is 8.18. The van der Waals surface area contributed by atoms with E-state index >= 15 is 0 Å². The van der Waals surface area contributed by atoms with Crippen LogP contribution in [0, 0.1) is 5.82 Å². The fourth-order valence-corrected chi connectivity index (χ4v) is 2.97. The van der Waals surface area contributed by atoms with Gasteiger partial charge in [0.25, 0.3) is 0 Å². The highest BCUT2D eigenvalue weighted by Gasteiger charge is 2.14. The molecule has 0 aliphatic carbocycles. The molecule has 4 rings (SSSR count). The van der Waals surface area contributed by atoms with Crippen molar-refractivity contribution in [2.75, 3.05) is 38.3 Å². The highest BCUT2D eigenvalue weighted by atomic mass is 19.1. The van der Waals surface area contributed by atoms with Crippen LogP contribution in [0.4, 0.5) is 10.2 Å². The third-order valence-electron chi connectivity index (χ3n) is 4.35. The fourth-order valence-electron chi connectivity index (χ4n) is 2.97. The van der Waals surface area contributed by atoms with Crippen molar-refractivity contribution in [1.29, 1.82) is 0 Å². The van der Waals surface area contributed by atoms with Gasteiger partial charge in [0, 0.05) is 13.1 Å². The molecular weight excluding hydrogens is 321 g/mol. The van der Waals surface area contributed by atoms with Crippen LogP contribution < -0.4 is 9.64 Å². The lowest BCUT2D eigenvalue weighted by Crippen LogP contribution is -2.36. The van der Waals surface area contributed by atoms with Gasteiger partial charge in [0.1, 0.15) is 5.82 Å². The van der Waals surface area contributed by atoms with Crippen LogP contribution in [0.15, 0.2) is 42.6 Å². The minimum absolute atomic E-state index is 0.235. The van der Waals surface area contributed by atoms with E-state index in [1.54, 1.807) is 12.3 Å². The number of ether oxygens (including phenoxy) is 2. The maximum atomic E-state index is 14.0. The standard InChI is InChI=1S/C19H18FN3O2/c1-24-18-5-3-13(10-15(18)20)14-2-4-16-17(11-14)22-19(12-21-16)23-6-8-25-9-7-23/h2-5,10-12H,6-9H2,1H3. The van der Waals surface area contributed by atoms with Crippen LogP contribution in [0.25, 0.3) is 22.2 Å². The molecule has 0 bridgehead atoms. The molecule has 2 aromatic carbocycles. The summed E-state index contributed by atoms with van der Waals surface area (Å²) in [6.07, 6.45) is 1.79. The number of fused-ring (bicyclic) bond motifs is 1. The molecule has 0 unspecified atom stereocenters. The maximum Gasteiger partial charge on any atom is 0.165 e. The van der Waals surface area contributed by atoms with Crippen LogP contribution >= 0.6 is 0 Å². The van der Waals surface area contributed by atoms with Gasteiger partial charge < -0.3 is 14.4 Å². The summed E-state index contributed by atoms with van der Waals surface area (Å²) in [5.41, 5.74) is 3.27. The number of halogens is 1. The molecule has 0 amide bonds. The van der Waals surface area contributed by atoms with Gasteiger partial charge in [-0.1, -0.05) is 12.1 Å². The summed E-state index contributed by atoms with van der Waals surface area (Å²) in [6, 6.07) is 10.7. The van der Waals surface area contributed by atoms with Crippen molar-refractivity contribution in [1.82, 2.24) is 9.97 Å². The number of morpholine rings is 1. The highest BCUT2D eigenvalue weighted by molar-refractivity contribution is 5.82. The van der Waals surface area contributed by atoms with E-state index in [1.165, 1.54) is 13.2 Å². The third kappa shape index (κ3) is 3.13. The maximum absolute atomic E-state index is 14.0. The van der Waals surface area contributed by atoms with Crippen LogP contribution in [-0.4, -0.2) is 43.4 Å². The molecule has 1 aliphatic heterocycles. The van der Waals surface area contributed by atoms with Gasteiger partial charge in [0.15, 0.2) is 11.6 Å². The van der Waals surface area contributed by atoms with Crippen LogP contribution in [0.5, 0.6) is 5.75 Å². The minimum atomic E-state index is -0.381. The van der Waals surface area contributed by atoms with Crippen molar-refractivity contribution < 1.29 is 13.9 Å². The van der Waals surface area contributed by atoms with Crippen molar-refractivity contribution in [2.45, 2.75) is 0 Å². The van der Waals surface area contributed by atoms with Crippen molar-refractivity contribution in [2.24, 2.45) is 0 Å². The third-order valence-corrected chi connectivity index (χ3v) is 4.35. The SMILES string of the molecule is COc1ccc(-c2ccc3ncc(N4CCOCC4)nc3c2)cc1F. The molecule has 0 N–H and O–H groups in total. The van der Waals surface area contributed by atoms with Crippen molar-refractivity contribution in [3.8, 4) is 16.9 Å². The molecule has 25 heavy (non-hydrogen) atoms. The van der Waals surface area contributed by atoms with E-state index in [0.29, 0.717) is 13.2 Å². The smallest absolute Gasteiger partial charge is 0.165 e. The zero-order chi connectivity index (χ0) is 17.2. The van der Waals surface area contributed by atoms with Gasteiger partial charge in [-0.3, -0.25) is 4.98 Å². The zero-order valence-electron chi connectivity index (χ0n) is 13.9. The summed E-state index contributed by atoms with van der Waals surface area (Å²) >= 11 is 0. The van der Waals surface area contributed by atoms with Gasteiger partial charge in [-0.15, -0.1) is 0 Å². The van der Waals surface area contributed by atoms with E-state index in [4.69, 9.17) is 14.5 Å². The number of hydrogen-bond acceptors (Lipinski definition) is 5. The lowest BCUT2D eigenvalue weighted by atomic mass is 10.0. The Kier molecular flexibility index (Phi) is 4.19. The Balaban J connectivity index is 1.72. The van der Waals surface area contributed by atoms with Gasteiger partial charge in [0.05, 0.1) is 37.6 Å². The highest BCUT2D eigenvalue weighted by Crippen LogP contribution is 2.28. The number of nitrogens with zero attached hydrogens (tertiary/aromatic N) is 3. The average Bonchev–Trinajstić information content (AvgIpc) is 2.67. The summed E-state index contributed by atoms with van der Waals surface area (Å²) in [4.78, 5) is 11.4. The van der Waals surface area contributed by atoms with E-state index in [9.17, 15) is 4.39 Å². The van der Waals surface area contributed by atoms with Gasteiger partial charge in [-0.2, -0.15) is 0 Å². The second-order valence-electron chi connectivity index (χ2n) is 5.88. The summed E-state index contributed by atoms with van der Waals surface area (Å²) in [5.74, 6) is 0.695. The molecule has 5 nitrogen and oxygen atoms in total. The Morgan fingerprint density at radius 2 is 1.80 bits per heavy atom. The Morgan fingerprint density at radius 3 is 2.56 bits per heavy atom. The largest absolute Gasteiger partial charge is 0.494 e.